The molecule has 0 amide bonds. The van der Waals surface area contributed by atoms with Crippen LogP contribution in [0.4, 0.5) is 0 Å². The molecule has 0 atom stereocenters. The highest BCUT2D eigenvalue weighted by Crippen LogP contribution is 2.08. The third-order valence-electron chi connectivity index (χ3n) is 1.19. The molecule has 0 radical (unpaired) electrons. The molecule has 0 aromatic carbocycles. The number of aliphatic imine (C=N–C) groups is 1. The Hall–Kier alpha value is -0.0300. The Morgan fingerprint density at radius 3 is 2.55 bits per heavy atom. The van der Waals surface area contributed by atoms with Crippen LogP contribution in [0.5, 0.6) is 0 Å². The van der Waals surface area contributed by atoms with E-state index in [2.05, 4.69) is 16.7 Å². The number of hydrogen-bond acceptors (Lipinski definition) is 3. The number of guanidine groups is 1. The van der Waals surface area contributed by atoms with Crippen LogP contribution in [-0.4, -0.2) is 18.3 Å². The number of nitrogens with two attached hydrogens (primary N) is 2. The molecular weight excluding hydrogens is 178 g/mol. The first kappa shape index (κ1) is 11.0. The monoisotopic (exact) mass is 193 g/mol. The Morgan fingerprint density at radius 1 is 1.27 bits per heavy atom. The molecular formula is C6H15N3S2. The molecule has 0 aromatic heterocycles. The van der Waals surface area contributed by atoms with E-state index < -0.39 is 0 Å². The van der Waals surface area contributed by atoms with Gasteiger partial charge in [0.1, 0.15) is 0 Å². The van der Waals surface area contributed by atoms with Crippen molar-refractivity contribution in [3.05, 3.63) is 0 Å². The van der Waals surface area contributed by atoms with Gasteiger partial charge in [0, 0.05) is 12.3 Å². The summed E-state index contributed by atoms with van der Waals surface area (Å²) in [5.41, 5.74) is 10.3. The summed E-state index contributed by atoms with van der Waals surface area (Å²) < 4.78 is 0. The lowest BCUT2D eigenvalue weighted by molar-refractivity contribution is 0.733. The van der Waals surface area contributed by atoms with Crippen molar-refractivity contribution in [2.75, 3.05) is 12.3 Å². The number of unbranched alkanes of at least 4 members (excludes halogenated alkanes) is 2. The summed E-state index contributed by atoms with van der Waals surface area (Å²) in [6.07, 6.45) is 3.42. The van der Waals surface area contributed by atoms with Crippen LogP contribution in [0.25, 0.3) is 0 Å². The van der Waals surface area contributed by atoms with Gasteiger partial charge in [0.2, 0.25) is 0 Å². The van der Waals surface area contributed by atoms with Crippen LogP contribution in [0.15, 0.2) is 4.99 Å². The fraction of sp³-hybridized carbons (Fsp3) is 0.833. The molecule has 5 heteroatoms. The minimum absolute atomic E-state index is 0.188. The topological polar surface area (TPSA) is 64.4 Å². The second-order valence-electron chi connectivity index (χ2n) is 2.20. The molecule has 0 heterocycles. The van der Waals surface area contributed by atoms with Crippen LogP contribution in [0.1, 0.15) is 19.3 Å². The minimum Gasteiger partial charge on any atom is -0.370 e. The molecule has 0 aliphatic carbocycles. The predicted molar refractivity (Wildman–Crippen MR) is 56.0 cm³/mol. The largest absolute Gasteiger partial charge is 0.370 e. The van der Waals surface area contributed by atoms with E-state index in [-0.39, 0.29) is 5.96 Å². The number of thiol groups is 1. The number of nitrogens with zero attached hydrogens (tertiary/aromatic N) is 1. The van der Waals surface area contributed by atoms with Gasteiger partial charge in [-0.05, 0) is 12.8 Å². The van der Waals surface area contributed by atoms with Crippen molar-refractivity contribution in [1.82, 2.24) is 0 Å². The van der Waals surface area contributed by atoms with Crippen LogP contribution in [-0.2, 0) is 0 Å². The van der Waals surface area contributed by atoms with Gasteiger partial charge in [-0.2, -0.15) is 0 Å². The van der Waals surface area contributed by atoms with Crippen molar-refractivity contribution in [1.29, 1.82) is 0 Å². The first-order valence-electron chi connectivity index (χ1n) is 3.59. The van der Waals surface area contributed by atoms with E-state index in [1.807, 2.05) is 0 Å². The maximum Gasteiger partial charge on any atom is 0.185 e. The predicted octanol–water partition coefficient (Wildman–Crippen LogP) is 1.01. The van der Waals surface area contributed by atoms with Gasteiger partial charge in [0.15, 0.2) is 5.96 Å². The van der Waals surface area contributed by atoms with Crippen molar-refractivity contribution >= 4 is 28.4 Å². The third-order valence-corrected chi connectivity index (χ3v) is 2.21. The van der Waals surface area contributed by atoms with Crippen molar-refractivity contribution in [2.24, 2.45) is 16.5 Å². The smallest absolute Gasteiger partial charge is 0.185 e. The zero-order valence-corrected chi connectivity index (χ0v) is 8.20. The fourth-order valence-electron chi connectivity index (χ4n) is 0.663. The van der Waals surface area contributed by atoms with Gasteiger partial charge in [-0.25, -0.2) is 0 Å². The number of rotatable bonds is 6. The Kier molecular flexibility index (Phi) is 8.05. The lowest BCUT2D eigenvalue weighted by Crippen LogP contribution is -2.22. The van der Waals surface area contributed by atoms with Gasteiger partial charge >= 0.3 is 0 Å². The molecule has 11 heavy (non-hydrogen) atoms. The van der Waals surface area contributed by atoms with E-state index in [4.69, 9.17) is 11.5 Å². The fourth-order valence-corrected chi connectivity index (χ4v) is 1.38. The zero-order valence-electron chi connectivity index (χ0n) is 6.49. The van der Waals surface area contributed by atoms with Gasteiger partial charge in [-0.15, -0.1) is 11.7 Å². The van der Waals surface area contributed by atoms with Crippen molar-refractivity contribution < 1.29 is 0 Å². The third kappa shape index (κ3) is 9.97. The second-order valence-corrected chi connectivity index (χ2v) is 3.64. The molecule has 0 fully saturated rings. The van der Waals surface area contributed by atoms with Crippen molar-refractivity contribution in [3.8, 4) is 0 Å². The molecule has 0 unspecified atom stereocenters. The van der Waals surface area contributed by atoms with Crippen molar-refractivity contribution in [2.45, 2.75) is 19.3 Å². The van der Waals surface area contributed by atoms with E-state index >= 15 is 0 Å². The van der Waals surface area contributed by atoms with Gasteiger partial charge in [-0.1, -0.05) is 17.2 Å². The van der Waals surface area contributed by atoms with Gasteiger partial charge < -0.3 is 11.5 Å². The highest BCUT2D eigenvalue weighted by atomic mass is 33.1. The molecule has 0 saturated heterocycles. The maximum absolute atomic E-state index is 5.14. The maximum atomic E-state index is 5.14. The molecule has 0 rings (SSSR count). The van der Waals surface area contributed by atoms with Crippen molar-refractivity contribution in [3.63, 3.8) is 0 Å². The SMILES string of the molecule is NC(N)=NCCCCCSS. The summed E-state index contributed by atoms with van der Waals surface area (Å²) in [4.78, 5) is 3.87. The van der Waals surface area contributed by atoms with E-state index in [0.29, 0.717) is 0 Å². The Balaban J connectivity index is 2.97. The van der Waals surface area contributed by atoms with Gasteiger partial charge in [0.05, 0.1) is 0 Å². The molecule has 0 aromatic rings. The zero-order chi connectivity index (χ0) is 8.53. The highest BCUT2D eigenvalue weighted by Gasteiger charge is 1.87. The van der Waals surface area contributed by atoms with Crippen LogP contribution in [0, 0.1) is 0 Å². The molecule has 0 spiro atoms. The van der Waals surface area contributed by atoms with Gasteiger partial charge in [0.25, 0.3) is 0 Å². The average Bonchev–Trinajstić information content (AvgIpc) is 1.96. The molecule has 66 valence electrons. The number of hydrogen-bond donors (Lipinski definition) is 3. The molecule has 4 N–H and O–H groups in total. The quantitative estimate of drug-likeness (QED) is 0.194. The molecule has 0 aliphatic rings. The summed E-state index contributed by atoms with van der Waals surface area (Å²) in [6.45, 7) is 0.750. The summed E-state index contributed by atoms with van der Waals surface area (Å²) in [6, 6.07) is 0. The molecule has 3 nitrogen and oxygen atoms in total. The van der Waals surface area contributed by atoms with E-state index in [1.165, 1.54) is 12.8 Å². The van der Waals surface area contributed by atoms with E-state index in [1.54, 1.807) is 10.8 Å². The Labute approximate surface area is 76.8 Å². The second kappa shape index (κ2) is 8.07. The van der Waals surface area contributed by atoms with Crippen LogP contribution in [0.3, 0.4) is 0 Å². The Morgan fingerprint density at radius 2 is 2.00 bits per heavy atom. The first-order valence-corrected chi connectivity index (χ1v) is 5.63. The van der Waals surface area contributed by atoms with E-state index in [9.17, 15) is 0 Å². The van der Waals surface area contributed by atoms with Gasteiger partial charge in [-0.3, -0.25) is 4.99 Å². The average molecular weight is 193 g/mol. The lowest BCUT2D eigenvalue weighted by Gasteiger charge is -1.95. The molecule has 0 saturated carbocycles. The Bertz CT molecular complexity index is 112. The lowest BCUT2D eigenvalue weighted by atomic mass is 10.2. The molecule has 0 bridgehead atoms. The summed E-state index contributed by atoms with van der Waals surface area (Å²) in [5.74, 6) is 1.29. The van der Waals surface area contributed by atoms with Crippen LogP contribution >= 0.6 is 22.5 Å². The summed E-state index contributed by atoms with van der Waals surface area (Å²) in [7, 11) is 1.58. The summed E-state index contributed by atoms with van der Waals surface area (Å²) in [5, 5.41) is 0. The molecule has 0 aliphatic heterocycles. The minimum atomic E-state index is 0.188. The standard InChI is InChI=1S/C6H15N3S2/c7-6(8)9-4-2-1-3-5-11-10/h10H,1-5H2,(H4,7,8,9). The van der Waals surface area contributed by atoms with Crippen LogP contribution < -0.4 is 11.5 Å². The van der Waals surface area contributed by atoms with E-state index in [0.717, 1.165) is 18.7 Å². The van der Waals surface area contributed by atoms with Crippen LogP contribution in [0.2, 0.25) is 0 Å². The first-order chi connectivity index (χ1) is 5.27. The summed E-state index contributed by atoms with van der Waals surface area (Å²) >= 11 is 4.03. The highest BCUT2D eigenvalue weighted by molar-refractivity contribution is 8.68. The normalized spacial score (nSPS) is 9.55.